The normalized spacial score (nSPS) is 10.3. The largest absolute Gasteiger partial charge is 0.492 e. The highest BCUT2D eigenvalue weighted by molar-refractivity contribution is 7.98. The summed E-state index contributed by atoms with van der Waals surface area (Å²) in [5.41, 5.74) is 2.73. The summed E-state index contributed by atoms with van der Waals surface area (Å²) in [6.07, 6.45) is 1.98. The first kappa shape index (κ1) is 13.7. The van der Waals surface area contributed by atoms with Crippen molar-refractivity contribution < 1.29 is 4.74 Å². The molecule has 0 spiro atoms. The minimum atomic E-state index is 0.760. The van der Waals surface area contributed by atoms with Crippen molar-refractivity contribution in [2.45, 2.75) is 5.03 Å². The molecule has 0 radical (unpaired) electrons. The van der Waals surface area contributed by atoms with E-state index in [1.54, 1.807) is 18.9 Å². The van der Waals surface area contributed by atoms with E-state index >= 15 is 0 Å². The average Bonchev–Trinajstić information content (AvgIpc) is 2.46. The number of rotatable bonds is 4. The summed E-state index contributed by atoms with van der Waals surface area (Å²) in [6.45, 7) is 0. The van der Waals surface area contributed by atoms with Gasteiger partial charge in [-0.25, -0.2) is 0 Å². The Morgan fingerprint density at radius 2 is 1.79 bits per heavy atom. The molecular formula is C14H17N3OS. The molecule has 5 heteroatoms. The lowest BCUT2D eigenvalue weighted by molar-refractivity contribution is 0.412. The maximum atomic E-state index is 5.58. The van der Waals surface area contributed by atoms with Crippen molar-refractivity contribution in [3.63, 3.8) is 0 Å². The van der Waals surface area contributed by atoms with E-state index in [1.807, 2.05) is 55.6 Å². The van der Waals surface area contributed by atoms with Crippen molar-refractivity contribution in [2.24, 2.45) is 0 Å². The van der Waals surface area contributed by atoms with E-state index in [1.165, 1.54) is 0 Å². The van der Waals surface area contributed by atoms with Crippen LogP contribution in [0.3, 0.4) is 0 Å². The van der Waals surface area contributed by atoms with Gasteiger partial charge in [0.2, 0.25) is 0 Å². The van der Waals surface area contributed by atoms with Crippen LogP contribution in [0.15, 0.2) is 35.4 Å². The number of ether oxygens (including phenoxy) is 1. The highest BCUT2D eigenvalue weighted by Gasteiger charge is 2.19. The zero-order valence-electron chi connectivity index (χ0n) is 11.5. The molecule has 1 aromatic heterocycles. The standard InChI is InChI=1S/C14H17N3OS/c1-17(2)12-13(18-3)11(15-16-14(12)19-4)10-8-6-5-7-9-10/h5-9H,1-4H3. The lowest BCUT2D eigenvalue weighted by Gasteiger charge is -2.20. The Kier molecular flexibility index (Phi) is 4.27. The van der Waals surface area contributed by atoms with Crippen LogP contribution >= 0.6 is 11.8 Å². The quantitative estimate of drug-likeness (QED) is 0.802. The Morgan fingerprint density at radius 3 is 2.32 bits per heavy atom. The zero-order valence-corrected chi connectivity index (χ0v) is 12.4. The van der Waals surface area contributed by atoms with Gasteiger partial charge in [-0.1, -0.05) is 30.3 Å². The van der Waals surface area contributed by atoms with E-state index in [9.17, 15) is 0 Å². The molecule has 100 valence electrons. The second kappa shape index (κ2) is 5.93. The third-order valence-electron chi connectivity index (χ3n) is 2.77. The highest BCUT2D eigenvalue weighted by Crippen LogP contribution is 2.40. The van der Waals surface area contributed by atoms with Gasteiger partial charge in [0.25, 0.3) is 0 Å². The Labute approximate surface area is 117 Å². The minimum Gasteiger partial charge on any atom is -0.492 e. The topological polar surface area (TPSA) is 38.3 Å². The van der Waals surface area contributed by atoms with Crippen molar-refractivity contribution >= 4 is 17.4 Å². The summed E-state index contributed by atoms with van der Waals surface area (Å²) in [7, 11) is 5.63. The third-order valence-corrected chi connectivity index (χ3v) is 3.43. The molecule has 4 nitrogen and oxygen atoms in total. The molecule has 2 aromatic rings. The van der Waals surface area contributed by atoms with Gasteiger partial charge in [0.15, 0.2) is 5.75 Å². The van der Waals surface area contributed by atoms with Crippen LogP contribution in [0.25, 0.3) is 11.3 Å². The van der Waals surface area contributed by atoms with Gasteiger partial charge in [0.1, 0.15) is 16.4 Å². The van der Waals surface area contributed by atoms with Gasteiger partial charge in [-0.2, -0.15) is 0 Å². The van der Waals surface area contributed by atoms with Crippen LogP contribution in [0.2, 0.25) is 0 Å². The average molecular weight is 275 g/mol. The van der Waals surface area contributed by atoms with E-state index in [0.717, 1.165) is 27.7 Å². The number of hydrogen-bond donors (Lipinski definition) is 0. The minimum absolute atomic E-state index is 0.760. The van der Waals surface area contributed by atoms with Gasteiger partial charge in [-0.3, -0.25) is 0 Å². The first-order valence-electron chi connectivity index (χ1n) is 5.90. The first-order valence-corrected chi connectivity index (χ1v) is 7.13. The molecule has 1 heterocycles. The van der Waals surface area contributed by atoms with E-state index in [4.69, 9.17) is 4.74 Å². The number of anilines is 1. The van der Waals surface area contributed by atoms with Crippen LogP contribution < -0.4 is 9.64 Å². The Hall–Kier alpha value is -1.75. The lowest BCUT2D eigenvalue weighted by atomic mass is 10.1. The Balaban J connectivity index is 2.67. The van der Waals surface area contributed by atoms with Crippen LogP contribution in [0, 0.1) is 0 Å². The van der Waals surface area contributed by atoms with Crippen LogP contribution in [0.5, 0.6) is 5.75 Å². The van der Waals surface area contributed by atoms with Gasteiger partial charge in [0, 0.05) is 19.7 Å². The van der Waals surface area contributed by atoms with E-state index in [-0.39, 0.29) is 0 Å². The Morgan fingerprint density at radius 1 is 1.11 bits per heavy atom. The van der Waals surface area contributed by atoms with Crippen molar-refractivity contribution in [3.05, 3.63) is 30.3 Å². The maximum Gasteiger partial charge on any atom is 0.173 e. The third kappa shape index (κ3) is 2.66. The number of thioether (sulfide) groups is 1. The van der Waals surface area contributed by atoms with Gasteiger partial charge < -0.3 is 9.64 Å². The van der Waals surface area contributed by atoms with Crippen LogP contribution in [-0.4, -0.2) is 37.7 Å². The molecule has 2 rings (SSSR count). The second-order valence-electron chi connectivity index (χ2n) is 4.20. The van der Waals surface area contributed by atoms with E-state index in [2.05, 4.69) is 10.2 Å². The molecule has 0 saturated heterocycles. The molecular weight excluding hydrogens is 258 g/mol. The smallest absolute Gasteiger partial charge is 0.173 e. The summed E-state index contributed by atoms with van der Waals surface area (Å²) in [6, 6.07) is 9.95. The first-order chi connectivity index (χ1) is 9.19. The summed E-state index contributed by atoms with van der Waals surface area (Å²) >= 11 is 1.56. The van der Waals surface area contributed by atoms with Gasteiger partial charge in [0.05, 0.1) is 7.11 Å². The molecule has 0 atom stereocenters. The SMILES string of the molecule is COc1c(-c2ccccc2)nnc(SC)c1N(C)C. The molecule has 0 unspecified atom stereocenters. The monoisotopic (exact) mass is 275 g/mol. The summed E-state index contributed by atoms with van der Waals surface area (Å²) in [5, 5.41) is 9.47. The van der Waals surface area contributed by atoms with Crippen LogP contribution in [0.1, 0.15) is 0 Å². The predicted molar refractivity (Wildman–Crippen MR) is 80.1 cm³/mol. The molecule has 0 N–H and O–H groups in total. The number of hydrogen-bond acceptors (Lipinski definition) is 5. The number of methoxy groups -OCH3 is 1. The Bertz CT molecular complexity index is 558. The maximum absolute atomic E-state index is 5.58. The molecule has 0 fully saturated rings. The van der Waals surface area contributed by atoms with E-state index < -0.39 is 0 Å². The molecule has 0 saturated carbocycles. The summed E-state index contributed by atoms with van der Waals surface area (Å²) in [5.74, 6) is 0.760. The number of benzene rings is 1. The van der Waals surface area contributed by atoms with Gasteiger partial charge >= 0.3 is 0 Å². The summed E-state index contributed by atoms with van der Waals surface area (Å²) in [4.78, 5) is 2.01. The van der Waals surface area contributed by atoms with Crippen LogP contribution in [-0.2, 0) is 0 Å². The van der Waals surface area contributed by atoms with Crippen LogP contribution in [0.4, 0.5) is 5.69 Å². The fraction of sp³-hybridized carbons (Fsp3) is 0.286. The fourth-order valence-corrected chi connectivity index (χ4v) is 2.50. The second-order valence-corrected chi connectivity index (χ2v) is 5.00. The molecule has 19 heavy (non-hydrogen) atoms. The molecule has 0 aliphatic carbocycles. The zero-order chi connectivity index (χ0) is 13.8. The van der Waals surface area contributed by atoms with Crippen molar-refractivity contribution in [1.82, 2.24) is 10.2 Å². The predicted octanol–water partition coefficient (Wildman–Crippen LogP) is 2.94. The van der Waals surface area contributed by atoms with Gasteiger partial charge in [-0.15, -0.1) is 22.0 Å². The highest BCUT2D eigenvalue weighted by atomic mass is 32.2. The van der Waals surface area contributed by atoms with Crippen molar-refractivity contribution in [2.75, 3.05) is 32.4 Å². The fourth-order valence-electron chi connectivity index (χ4n) is 1.91. The van der Waals surface area contributed by atoms with Gasteiger partial charge in [-0.05, 0) is 6.26 Å². The van der Waals surface area contributed by atoms with E-state index in [0.29, 0.717) is 0 Å². The number of aromatic nitrogens is 2. The molecule has 0 aliphatic rings. The molecule has 0 bridgehead atoms. The lowest BCUT2D eigenvalue weighted by Crippen LogP contribution is -2.13. The number of nitrogens with zero attached hydrogens (tertiary/aromatic N) is 3. The molecule has 0 aliphatic heterocycles. The molecule has 1 aromatic carbocycles. The summed E-state index contributed by atoms with van der Waals surface area (Å²) < 4.78 is 5.58. The van der Waals surface area contributed by atoms with Crippen molar-refractivity contribution in [1.29, 1.82) is 0 Å². The van der Waals surface area contributed by atoms with Crippen molar-refractivity contribution in [3.8, 4) is 17.0 Å². The molecule has 0 amide bonds.